The van der Waals surface area contributed by atoms with E-state index in [1.807, 2.05) is 0 Å². The Hall–Kier alpha value is -1.30. The lowest BCUT2D eigenvalue weighted by atomic mass is 10.2. The van der Waals surface area contributed by atoms with Gasteiger partial charge in [-0.3, -0.25) is 9.69 Å². The highest BCUT2D eigenvalue weighted by Crippen LogP contribution is 2.27. The third-order valence-electron chi connectivity index (χ3n) is 3.74. The average Bonchev–Trinajstić information content (AvgIpc) is 2.99. The molecule has 0 aromatic heterocycles. The second kappa shape index (κ2) is 7.64. The third-order valence-corrected chi connectivity index (χ3v) is 4.03. The SMILES string of the molecule is CCN(CC(=O)Nc1ccc(OC)c(Cl)c1)C1CCNC1. The molecule has 5 nitrogen and oxygen atoms in total. The van der Waals surface area contributed by atoms with Crippen molar-refractivity contribution in [3.05, 3.63) is 23.2 Å². The predicted molar refractivity (Wildman–Crippen MR) is 85.2 cm³/mol. The summed E-state index contributed by atoms with van der Waals surface area (Å²) in [5.41, 5.74) is 0.686. The fourth-order valence-corrected chi connectivity index (χ4v) is 2.84. The van der Waals surface area contributed by atoms with Crippen molar-refractivity contribution >= 4 is 23.2 Å². The van der Waals surface area contributed by atoms with Crippen LogP contribution in [0.15, 0.2) is 18.2 Å². The molecule has 0 bridgehead atoms. The fraction of sp³-hybridized carbons (Fsp3) is 0.533. The van der Waals surface area contributed by atoms with Gasteiger partial charge in [0.25, 0.3) is 0 Å². The minimum atomic E-state index is -0.0232. The minimum absolute atomic E-state index is 0.0232. The predicted octanol–water partition coefficient (Wildman–Crippen LogP) is 1.97. The van der Waals surface area contributed by atoms with Gasteiger partial charge in [-0.1, -0.05) is 18.5 Å². The van der Waals surface area contributed by atoms with E-state index in [-0.39, 0.29) is 5.91 Å². The van der Waals surface area contributed by atoms with Crippen molar-refractivity contribution in [2.45, 2.75) is 19.4 Å². The molecule has 1 aliphatic heterocycles. The second-order valence-corrected chi connectivity index (χ2v) is 5.51. The molecule has 21 heavy (non-hydrogen) atoms. The molecular formula is C15H22ClN3O2. The van der Waals surface area contributed by atoms with Crippen molar-refractivity contribution in [2.75, 3.05) is 38.6 Å². The van der Waals surface area contributed by atoms with E-state index in [0.29, 0.717) is 29.0 Å². The third kappa shape index (κ3) is 4.33. The van der Waals surface area contributed by atoms with Gasteiger partial charge in [0.1, 0.15) is 5.75 Å². The van der Waals surface area contributed by atoms with Gasteiger partial charge in [0.05, 0.1) is 18.7 Å². The highest BCUT2D eigenvalue weighted by atomic mass is 35.5. The van der Waals surface area contributed by atoms with Gasteiger partial charge in [0, 0.05) is 18.3 Å². The van der Waals surface area contributed by atoms with Crippen molar-refractivity contribution in [1.82, 2.24) is 10.2 Å². The fourth-order valence-electron chi connectivity index (χ4n) is 2.58. The van der Waals surface area contributed by atoms with Crippen molar-refractivity contribution in [3.63, 3.8) is 0 Å². The van der Waals surface area contributed by atoms with Crippen LogP contribution < -0.4 is 15.4 Å². The molecule has 1 aliphatic rings. The number of benzene rings is 1. The number of halogens is 1. The Morgan fingerprint density at radius 1 is 1.57 bits per heavy atom. The highest BCUT2D eigenvalue weighted by molar-refractivity contribution is 6.32. The smallest absolute Gasteiger partial charge is 0.238 e. The molecule has 0 aliphatic carbocycles. The first kappa shape index (κ1) is 16.1. The molecule has 1 aromatic carbocycles. The number of rotatable bonds is 6. The van der Waals surface area contributed by atoms with Gasteiger partial charge in [0.2, 0.25) is 5.91 Å². The molecule has 2 N–H and O–H groups in total. The Morgan fingerprint density at radius 2 is 2.38 bits per heavy atom. The zero-order chi connectivity index (χ0) is 15.2. The van der Waals surface area contributed by atoms with Crippen molar-refractivity contribution in [1.29, 1.82) is 0 Å². The summed E-state index contributed by atoms with van der Waals surface area (Å²) in [6, 6.07) is 5.68. The molecule has 1 fully saturated rings. The van der Waals surface area contributed by atoms with Gasteiger partial charge in [-0.2, -0.15) is 0 Å². The Labute approximate surface area is 130 Å². The van der Waals surface area contributed by atoms with Crippen LogP contribution >= 0.6 is 11.6 Å². The number of hydrogen-bond donors (Lipinski definition) is 2. The number of nitrogens with zero attached hydrogens (tertiary/aromatic N) is 1. The molecule has 1 saturated heterocycles. The number of ether oxygens (including phenoxy) is 1. The van der Waals surface area contributed by atoms with Gasteiger partial charge >= 0.3 is 0 Å². The zero-order valence-corrected chi connectivity index (χ0v) is 13.2. The van der Waals surface area contributed by atoms with E-state index in [1.54, 1.807) is 25.3 Å². The second-order valence-electron chi connectivity index (χ2n) is 5.11. The van der Waals surface area contributed by atoms with E-state index in [2.05, 4.69) is 22.5 Å². The molecule has 0 radical (unpaired) electrons. The standard InChI is InChI=1S/C15H22ClN3O2/c1-3-19(12-6-7-17-9-12)10-15(20)18-11-4-5-14(21-2)13(16)8-11/h4-5,8,12,17H,3,6-7,9-10H2,1-2H3,(H,18,20). The number of likely N-dealkylation sites (N-methyl/N-ethyl adjacent to an activating group) is 1. The summed E-state index contributed by atoms with van der Waals surface area (Å²) < 4.78 is 5.09. The van der Waals surface area contributed by atoms with Crippen molar-refractivity contribution in [3.8, 4) is 5.75 Å². The molecule has 1 unspecified atom stereocenters. The quantitative estimate of drug-likeness (QED) is 0.843. The van der Waals surface area contributed by atoms with Crippen LogP contribution in [0.25, 0.3) is 0 Å². The molecule has 1 amide bonds. The number of anilines is 1. The average molecular weight is 312 g/mol. The van der Waals surface area contributed by atoms with Gasteiger partial charge in [-0.05, 0) is 37.7 Å². The number of hydrogen-bond acceptors (Lipinski definition) is 4. The Bertz CT molecular complexity index is 490. The normalized spacial score (nSPS) is 18.0. The summed E-state index contributed by atoms with van der Waals surface area (Å²) in [6.45, 7) is 5.32. The molecule has 1 heterocycles. The van der Waals surface area contributed by atoms with Crippen LogP contribution in [0, 0.1) is 0 Å². The maximum Gasteiger partial charge on any atom is 0.238 e. The Balaban J connectivity index is 1.92. The Morgan fingerprint density at radius 3 is 2.95 bits per heavy atom. The molecule has 1 aromatic rings. The number of methoxy groups -OCH3 is 1. The molecule has 2 rings (SSSR count). The van der Waals surface area contributed by atoms with E-state index in [1.165, 1.54) is 0 Å². The lowest BCUT2D eigenvalue weighted by Gasteiger charge is -2.26. The van der Waals surface area contributed by atoms with Gasteiger partial charge < -0.3 is 15.4 Å². The summed E-state index contributed by atoms with van der Waals surface area (Å²) in [6.07, 6.45) is 1.09. The monoisotopic (exact) mass is 311 g/mol. The van der Waals surface area contributed by atoms with Crippen LogP contribution in [0.2, 0.25) is 5.02 Å². The zero-order valence-electron chi connectivity index (χ0n) is 12.5. The number of amides is 1. The highest BCUT2D eigenvalue weighted by Gasteiger charge is 2.22. The van der Waals surface area contributed by atoms with Crippen molar-refractivity contribution < 1.29 is 9.53 Å². The molecule has 1 atom stereocenters. The maximum atomic E-state index is 12.2. The first-order valence-corrected chi connectivity index (χ1v) is 7.60. The molecule has 6 heteroatoms. The summed E-state index contributed by atoms with van der Waals surface area (Å²) in [4.78, 5) is 14.4. The first-order chi connectivity index (χ1) is 10.1. The lowest BCUT2D eigenvalue weighted by molar-refractivity contribution is -0.117. The van der Waals surface area contributed by atoms with Crippen molar-refractivity contribution in [2.24, 2.45) is 0 Å². The minimum Gasteiger partial charge on any atom is -0.495 e. The maximum absolute atomic E-state index is 12.2. The van der Waals surface area contributed by atoms with E-state index in [0.717, 1.165) is 26.1 Å². The van der Waals surface area contributed by atoms with Crippen LogP contribution in [0.4, 0.5) is 5.69 Å². The van der Waals surface area contributed by atoms with Crippen LogP contribution in [0.1, 0.15) is 13.3 Å². The van der Waals surface area contributed by atoms with E-state index in [9.17, 15) is 4.79 Å². The van der Waals surface area contributed by atoms with Gasteiger partial charge in [-0.25, -0.2) is 0 Å². The largest absolute Gasteiger partial charge is 0.495 e. The lowest BCUT2D eigenvalue weighted by Crippen LogP contribution is -2.41. The number of carbonyl (C=O) groups excluding carboxylic acids is 1. The van der Waals surface area contributed by atoms with Crippen LogP contribution in [-0.4, -0.2) is 50.1 Å². The summed E-state index contributed by atoms with van der Waals surface area (Å²) in [5, 5.41) is 6.70. The summed E-state index contributed by atoms with van der Waals surface area (Å²) in [5.74, 6) is 0.576. The van der Waals surface area contributed by atoms with Crippen LogP contribution in [0.5, 0.6) is 5.75 Å². The van der Waals surface area contributed by atoms with E-state index in [4.69, 9.17) is 16.3 Å². The first-order valence-electron chi connectivity index (χ1n) is 7.22. The summed E-state index contributed by atoms with van der Waals surface area (Å²) >= 11 is 6.05. The molecule has 116 valence electrons. The Kier molecular flexibility index (Phi) is 5.85. The van der Waals surface area contributed by atoms with Gasteiger partial charge in [0.15, 0.2) is 0 Å². The molecule has 0 saturated carbocycles. The summed E-state index contributed by atoms with van der Waals surface area (Å²) in [7, 11) is 1.56. The topological polar surface area (TPSA) is 53.6 Å². The molecular weight excluding hydrogens is 290 g/mol. The van der Waals surface area contributed by atoms with Crippen LogP contribution in [-0.2, 0) is 4.79 Å². The van der Waals surface area contributed by atoms with Gasteiger partial charge in [-0.15, -0.1) is 0 Å². The number of carbonyl (C=O) groups is 1. The number of nitrogens with one attached hydrogen (secondary N) is 2. The van der Waals surface area contributed by atoms with E-state index < -0.39 is 0 Å². The van der Waals surface area contributed by atoms with Crippen LogP contribution in [0.3, 0.4) is 0 Å². The molecule has 0 spiro atoms. The van der Waals surface area contributed by atoms with E-state index >= 15 is 0 Å².